The third kappa shape index (κ3) is 2.71. The Hall–Kier alpha value is -2.40. The Morgan fingerprint density at radius 2 is 2.05 bits per heavy atom. The average molecular weight is 268 g/mol. The van der Waals surface area contributed by atoms with Crippen molar-refractivity contribution in [3.8, 4) is 5.13 Å². The number of nitrogens with one attached hydrogen (secondary N) is 1. The first kappa shape index (κ1) is 11.7. The Morgan fingerprint density at radius 3 is 2.84 bits per heavy atom. The van der Waals surface area contributed by atoms with Crippen molar-refractivity contribution in [1.29, 1.82) is 0 Å². The minimum absolute atomic E-state index is 0.936. The second-order valence-electron chi connectivity index (χ2n) is 3.85. The zero-order chi connectivity index (χ0) is 12.9. The third-order valence-electron chi connectivity index (χ3n) is 2.57. The number of nitrogens with zero attached hydrogens (tertiary/aromatic N) is 3. The van der Waals surface area contributed by atoms with E-state index in [-0.39, 0.29) is 0 Å². The summed E-state index contributed by atoms with van der Waals surface area (Å²) in [6, 6.07) is 13.8. The zero-order valence-electron chi connectivity index (χ0n) is 10.1. The molecule has 0 unspecified atom stereocenters. The van der Waals surface area contributed by atoms with Crippen LogP contribution in [0.2, 0.25) is 0 Å². The molecule has 0 aliphatic heterocycles. The van der Waals surface area contributed by atoms with Crippen molar-refractivity contribution >= 4 is 23.2 Å². The first-order valence-electron chi connectivity index (χ1n) is 5.85. The van der Waals surface area contributed by atoms with Crippen molar-refractivity contribution in [3.05, 3.63) is 65.9 Å². The summed E-state index contributed by atoms with van der Waals surface area (Å²) >= 11 is 1.59. The number of rotatable bonds is 4. The number of para-hydroxylation sites is 1. The fourth-order valence-corrected chi connectivity index (χ4v) is 2.34. The smallest absolute Gasteiger partial charge is 0.193 e. The van der Waals surface area contributed by atoms with Gasteiger partial charge in [-0.1, -0.05) is 18.2 Å². The first-order valence-corrected chi connectivity index (χ1v) is 6.73. The predicted octanol–water partition coefficient (Wildman–Crippen LogP) is 3.38. The molecule has 1 aromatic carbocycles. The molecule has 0 fully saturated rings. The van der Waals surface area contributed by atoms with Gasteiger partial charge in [0.25, 0.3) is 0 Å². The number of aromatic nitrogens is 2. The van der Waals surface area contributed by atoms with Crippen molar-refractivity contribution in [2.45, 2.75) is 0 Å². The molecule has 0 spiro atoms. The van der Waals surface area contributed by atoms with Gasteiger partial charge < -0.3 is 0 Å². The van der Waals surface area contributed by atoms with Gasteiger partial charge in [-0.3, -0.25) is 9.99 Å². The summed E-state index contributed by atoms with van der Waals surface area (Å²) < 4.78 is 2.00. The predicted molar refractivity (Wildman–Crippen MR) is 79.1 cm³/mol. The molecule has 3 rings (SSSR count). The lowest BCUT2D eigenvalue weighted by atomic mass is 10.3. The summed E-state index contributed by atoms with van der Waals surface area (Å²) in [5.41, 5.74) is 4.94. The van der Waals surface area contributed by atoms with Gasteiger partial charge in [-0.2, -0.15) is 5.10 Å². The number of hydrogen-bond donors (Lipinski definition) is 1. The number of hydrogen-bond acceptors (Lipinski definition) is 4. The molecule has 5 heteroatoms. The van der Waals surface area contributed by atoms with Crippen molar-refractivity contribution in [3.63, 3.8) is 0 Å². The number of anilines is 1. The van der Waals surface area contributed by atoms with Crippen LogP contribution in [-0.4, -0.2) is 15.8 Å². The van der Waals surface area contributed by atoms with Gasteiger partial charge in [-0.25, -0.2) is 4.98 Å². The molecule has 3 aromatic rings. The van der Waals surface area contributed by atoms with Crippen LogP contribution in [0.25, 0.3) is 5.13 Å². The largest absolute Gasteiger partial charge is 0.292 e. The highest BCUT2D eigenvalue weighted by Crippen LogP contribution is 2.14. The van der Waals surface area contributed by atoms with Gasteiger partial charge in [-0.05, 0) is 24.3 Å². The summed E-state index contributed by atoms with van der Waals surface area (Å²) in [5, 5.41) is 7.13. The molecule has 1 N–H and O–H groups in total. The molecular weight excluding hydrogens is 256 g/mol. The van der Waals surface area contributed by atoms with Crippen LogP contribution in [0.1, 0.15) is 5.69 Å². The summed E-state index contributed by atoms with van der Waals surface area (Å²) in [5.74, 6) is 0. The SMILES string of the molecule is C(=NNc1ccccc1)c1cccn1-c1nccs1. The highest BCUT2D eigenvalue weighted by molar-refractivity contribution is 7.12. The van der Waals surface area contributed by atoms with Crippen LogP contribution in [0.15, 0.2) is 65.3 Å². The fraction of sp³-hybridized carbons (Fsp3) is 0. The van der Waals surface area contributed by atoms with E-state index in [1.54, 1.807) is 23.7 Å². The van der Waals surface area contributed by atoms with E-state index >= 15 is 0 Å². The molecule has 94 valence electrons. The standard InChI is InChI=1S/C14H12N4S/c1-2-5-12(6-3-1)17-16-11-13-7-4-9-18(13)14-15-8-10-19-14/h1-11,17H. The van der Waals surface area contributed by atoms with Crippen molar-refractivity contribution in [2.75, 3.05) is 5.43 Å². The fourth-order valence-electron chi connectivity index (χ4n) is 1.69. The number of benzene rings is 1. The average Bonchev–Trinajstić information content (AvgIpc) is 3.10. The highest BCUT2D eigenvalue weighted by atomic mass is 32.1. The lowest BCUT2D eigenvalue weighted by Crippen LogP contribution is -1.98. The van der Waals surface area contributed by atoms with E-state index in [1.165, 1.54) is 0 Å². The molecule has 4 nitrogen and oxygen atoms in total. The quantitative estimate of drug-likeness (QED) is 0.582. The lowest BCUT2D eigenvalue weighted by Gasteiger charge is -2.01. The van der Waals surface area contributed by atoms with E-state index in [2.05, 4.69) is 15.5 Å². The van der Waals surface area contributed by atoms with E-state index in [4.69, 9.17) is 0 Å². The Balaban J connectivity index is 1.76. The van der Waals surface area contributed by atoms with E-state index in [0.29, 0.717) is 0 Å². The van der Waals surface area contributed by atoms with E-state index < -0.39 is 0 Å². The van der Waals surface area contributed by atoms with E-state index in [1.807, 2.05) is 58.6 Å². The monoisotopic (exact) mass is 268 g/mol. The maximum Gasteiger partial charge on any atom is 0.193 e. The van der Waals surface area contributed by atoms with Gasteiger partial charge in [0.2, 0.25) is 0 Å². The minimum Gasteiger partial charge on any atom is -0.292 e. The Kier molecular flexibility index (Phi) is 3.38. The molecule has 0 atom stereocenters. The van der Waals surface area contributed by atoms with Crippen LogP contribution < -0.4 is 5.43 Å². The Labute approximate surface area is 115 Å². The maximum atomic E-state index is 4.29. The third-order valence-corrected chi connectivity index (χ3v) is 3.34. The molecule has 0 amide bonds. The van der Waals surface area contributed by atoms with E-state index in [9.17, 15) is 0 Å². The van der Waals surface area contributed by atoms with Gasteiger partial charge in [0.1, 0.15) is 0 Å². The first-order chi connectivity index (χ1) is 9.43. The Bertz CT molecular complexity index is 656. The molecule has 2 aromatic heterocycles. The molecule has 19 heavy (non-hydrogen) atoms. The topological polar surface area (TPSA) is 42.2 Å². The van der Waals surface area contributed by atoms with Crippen molar-refractivity contribution < 1.29 is 0 Å². The Morgan fingerprint density at radius 1 is 1.16 bits per heavy atom. The summed E-state index contributed by atoms with van der Waals surface area (Å²) in [6.07, 6.45) is 5.56. The molecule has 0 aliphatic rings. The second-order valence-corrected chi connectivity index (χ2v) is 4.73. The van der Waals surface area contributed by atoms with Crippen LogP contribution in [0.5, 0.6) is 0 Å². The van der Waals surface area contributed by atoms with Crippen LogP contribution in [-0.2, 0) is 0 Å². The van der Waals surface area contributed by atoms with Crippen molar-refractivity contribution in [2.24, 2.45) is 5.10 Å². The second kappa shape index (κ2) is 5.49. The minimum atomic E-state index is 0.936. The van der Waals surface area contributed by atoms with Crippen LogP contribution in [0, 0.1) is 0 Å². The van der Waals surface area contributed by atoms with Gasteiger partial charge in [0, 0.05) is 17.8 Å². The van der Waals surface area contributed by atoms with E-state index in [0.717, 1.165) is 16.5 Å². The molecule has 0 aliphatic carbocycles. The van der Waals surface area contributed by atoms with Crippen molar-refractivity contribution in [1.82, 2.24) is 9.55 Å². The van der Waals surface area contributed by atoms with Gasteiger partial charge in [0.05, 0.1) is 17.6 Å². The molecule has 0 saturated heterocycles. The summed E-state index contributed by atoms with van der Waals surface area (Å²) in [4.78, 5) is 4.29. The molecule has 0 bridgehead atoms. The van der Waals surface area contributed by atoms with Crippen LogP contribution in [0.3, 0.4) is 0 Å². The van der Waals surface area contributed by atoms with Crippen LogP contribution >= 0.6 is 11.3 Å². The number of hydrazone groups is 1. The summed E-state index contributed by atoms with van der Waals surface area (Å²) in [6.45, 7) is 0. The maximum absolute atomic E-state index is 4.29. The lowest BCUT2D eigenvalue weighted by molar-refractivity contribution is 1.04. The highest BCUT2D eigenvalue weighted by Gasteiger charge is 2.02. The molecule has 2 heterocycles. The molecule has 0 radical (unpaired) electrons. The van der Waals surface area contributed by atoms with Gasteiger partial charge >= 0.3 is 0 Å². The van der Waals surface area contributed by atoms with Crippen LogP contribution in [0.4, 0.5) is 5.69 Å². The summed E-state index contributed by atoms with van der Waals surface area (Å²) in [7, 11) is 0. The van der Waals surface area contributed by atoms with Gasteiger partial charge in [0.15, 0.2) is 5.13 Å². The normalized spacial score (nSPS) is 10.9. The van der Waals surface area contributed by atoms with Gasteiger partial charge in [-0.15, -0.1) is 11.3 Å². The molecular formula is C14H12N4S. The number of thiazole rings is 1. The molecule has 0 saturated carbocycles. The zero-order valence-corrected chi connectivity index (χ0v) is 10.9.